The number of nitrogens with one attached hydrogen (secondary N) is 1. The summed E-state index contributed by atoms with van der Waals surface area (Å²) in [5.74, 6) is 1.03. The van der Waals surface area contributed by atoms with Crippen molar-refractivity contribution < 1.29 is 0 Å². The third-order valence-electron chi connectivity index (χ3n) is 3.58. The van der Waals surface area contributed by atoms with E-state index in [1.807, 2.05) is 42.2 Å². The van der Waals surface area contributed by atoms with Gasteiger partial charge in [0.25, 0.3) is 0 Å². The van der Waals surface area contributed by atoms with Crippen molar-refractivity contribution in [1.82, 2.24) is 30.0 Å². The fourth-order valence-electron chi connectivity index (χ4n) is 2.44. The first-order chi connectivity index (χ1) is 11.1. The second-order valence-electron chi connectivity index (χ2n) is 5.53. The number of aromatic nitrogens is 6. The summed E-state index contributed by atoms with van der Waals surface area (Å²) in [6.45, 7) is 4.77. The summed E-state index contributed by atoms with van der Waals surface area (Å²) < 4.78 is 3.52. The van der Waals surface area contributed by atoms with E-state index in [2.05, 4.69) is 39.8 Å². The van der Waals surface area contributed by atoms with Gasteiger partial charge in [-0.3, -0.25) is 0 Å². The van der Waals surface area contributed by atoms with Gasteiger partial charge in [0, 0.05) is 7.05 Å². The largest absolute Gasteiger partial charge is 0.375 e. The Morgan fingerprint density at radius 2 is 2.04 bits per heavy atom. The number of hydrogen-bond donors (Lipinski definition) is 1. The Morgan fingerprint density at radius 1 is 1.26 bits per heavy atom. The van der Waals surface area contributed by atoms with Crippen molar-refractivity contribution in [2.24, 2.45) is 7.05 Å². The minimum Gasteiger partial charge on any atom is -0.375 e. The summed E-state index contributed by atoms with van der Waals surface area (Å²) in [4.78, 5) is 0. The molecule has 0 aliphatic heterocycles. The zero-order chi connectivity index (χ0) is 16.4. The lowest BCUT2D eigenvalue weighted by Gasteiger charge is -2.14. The molecule has 7 nitrogen and oxygen atoms in total. The summed E-state index contributed by atoms with van der Waals surface area (Å²) in [6.07, 6.45) is 1.81. The van der Waals surface area contributed by atoms with Gasteiger partial charge < -0.3 is 5.32 Å². The predicted octanol–water partition coefficient (Wildman–Crippen LogP) is 2.78. The molecule has 3 aromatic rings. The quantitative estimate of drug-likeness (QED) is 0.778. The average molecular weight is 332 g/mol. The zero-order valence-corrected chi connectivity index (χ0v) is 14.0. The molecule has 0 saturated carbocycles. The number of nitrogens with zero attached hydrogens (tertiary/aromatic N) is 6. The standard InChI is InChI=1S/C15H18ClN7/c1-10(2)15-12(17-9-14-19-20-21-22(14)3)8-18-23(15)13-7-5-4-6-11(13)16/h4-8,10,17H,9H2,1-3H3. The van der Waals surface area contributed by atoms with Crippen LogP contribution in [0.1, 0.15) is 31.3 Å². The summed E-state index contributed by atoms with van der Waals surface area (Å²) >= 11 is 6.31. The van der Waals surface area contributed by atoms with Crippen LogP contribution in [0.3, 0.4) is 0 Å². The van der Waals surface area contributed by atoms with Gasteiger partial charge in [-0.15, -0.1) is 5.10 Å². The first-order valence-corrected chi connectivity index (χ1v) is 7.73. The SMILES string of the molecule is CC(C)c1c(NCc2nnnn2C)cnn1-c1ccccc1Cl. The third-order valence-corrected chi connectivity index (χ3v) is 3.90. The maximum absolute atomic E-state index is 6.31. The Labute approximate surface area is 139 Å². The summed E-state index contributed by atoms with van der Waals surface area (Å²) in [7, 11) is 1.81. The smallest absolute Gasteiger partial charge is 0.170 e. The van der Waals surface area contributed by atoms with Crippen LogP contribution in [0.15, 0.2) is 30.5 Å². The Bertz CT molecular complexity index is 806. The molecule has 2 heterocycles. The van der Waals surface area contributed by atoms with Crippen LogP contribution in [-0.4, -0.2) is 30.0 Å². The molecule has 0 amide bonds. The molecule has 23 heavy (non-hydrogen) atoms. The normalized spacial score (nSPS) is 11.2. The Morgan fingerprint density at radius 3 is 2.70 bits per heavy atom. The van der Waals surface area contributed by atoms with Gasteiger partial charge in [0.1, 0.15) is 0 Å². The maximum atomic E-state index is 6.31. The van der Waals surface area contributed by atoms with Gasteiger partial charge in [0.05, 0.1) is 34.8 Å². The van der Waals surface area contributed by atoms with E-state index in [1.165, 1.54) is 0 Å². The van der Waals surface area contributed by atoms with E-state index >= 15 is 0 Å². The molecule has 120 valence electrons. The highest BCUT2D eigenvalue weighted by molar-refractivity contribution is 6.32. The van der Waals surface area contributed by atoms with Crippen LogP contribution in [0.5, 0.6) is 0 Å². The third kappa shape index (κ3) is 3.05. The maximum Gasteiger partial charge on any atom is 0.170 e. The molecule has 0 unspecified atom stereocenters. The van der Waals surface area contributed by atoms with Crippen molar-refractivity contribution in [3.8, 4) is 5.69 Å². The number of halogens is 1. The van der Waals surface area contributed by atoms with Crippen molar-refractivity contribution in [3.05, 3.63) is 47.0 Å². The van der Waals surface area contributed by atoms with Gasteiger partial charge >= 0.3 is 0 Å². The van der Waals surface area contributed by atoms with Crippen LogP contribution < -0.4 is 5.32 Å². The van der Waals surface area contributed by atoms with E-state index in [-0.39, 0.29) is 5.92 Å². The predicted molar refractivity (Wildman–Crippen MR) is 88.8 cm³/mol. The van der Waals surface area contributed by atoms with Crippen LogP contribution in [0.2, 0.25) is 5.02 Å². The number of anilines is 1. The van der Waals surface area contributed by atoms with Gasteiger partial charge in [0.2, 0.25) is 0 Å². The highest BCUT2D eigenvalue weighted by Gasteiger charge is 2.17. The van der Waals surface area contributed by atoms with Crippen molar-refractivity contribution in [1.29, 1.82) is 0 Å². The second-order valence-corrected chi connectivity index (χ2v) is 5.94. The van der Waals surface area contributed by atoms with Gasteiger partial charge in [-0.2, -0.15) is 5.10 Å². The van der Waals surface area contributed by atoms with E-state index in [9.17, 15) is 0 Å². The summed E-state index contributed by atoms with van der Waals surface area (Å²) in [6, 6.07) is 7.68. The molecule has 0 atom stereocenters. The first kappa shape index (κ1) is 15.5. The minimum atomic E-state index is 0.272. The van der Waals surface area contributed by atoms with E-state index in [0.717, 1.165) is 22.9 Å². The summed E-state index contributed by atoms with van der Waals surface area (Å²) in [5, 5.41) is 20.0. The monoisotopic (exact) mass is 331 g/mol. The van der Waals surface area contributed by atoms with Crippen LogP contribution >= 0.6 is 11.6 Å². The molecule has 0 saturated heterocycles. The molecule has 1 N–H and O–H groups in total. The Kier molecular flexibility index (Phi) is 4.29. The molecular weight excluding hydrogens is 314 g/mol. The van der Waals surface area contributed by atoms with Crippen molar-refractivity contribution >= 4 is 17.3 Å². The highest BCUT2D eigenvalue weighted by atomic mass is 35.5. The number of rotatable bonds is 5. The first-order valence-electron chi connectivity index (χ1n) is 7.36. The molecule has 0 aliphatic carbocycles. The van der Waals surface area contributed by atoms with Crippen LogP contribution in [0.4, 0.5) is 5.69 Å². The van der Waals surface area contributed by atoms with Gasteiger partial charge in [-0.05, 0) is 28.5 Å². The average Bonchev–Trinajstić information content (AvgIpc) is 3.11. The van der Waals surface area contributed by atoms with Gasteiger partial charge in [-0.25, -0.2) is 9.36 Å². The van der Waals surface area contributed by atoms with E-state index in [1.54, 1.807) is 4.68 Å². The molecule has 3 rings (SSSR count). The zero-order valence-electron chi connectivity index (χ0n) is 13.2. The highest BCUT2D eigenvalue weighted by Crippen LogP contribution is 2.29. The van der Waals surface area contributed by atoms with Crippen molar-refractivity contribution in [2.75, 3.05) is 5.32 Å². The van der Waals surface area contributed by atoms with E-state index < -0.39 is 0 Å². The number of benzene rings is 1. The topological polar surface area (TPSA) is 73.5 Å². The van der Waals surface area contributed by atoms with Crippen LogP contribution in [0, 0.1) is 0 Å². The molecule has 0 aliphatic rings. The number of para-hydroxylation sites is 1. The molecule has 0 fully saturated rings. The van der Waals surface area contributed by atoms with Crippen molar-refractivity contribution in [2.45, 2.75) is 26.3 Å². The Hall–Kier alpha value is -2.41. The lowest BCUT2D eigenvalue weighted by atomic mass is 10.1. The molecular formula is C15H18ClN7. The van der Waals surface area contributed by atoms with Crippen LogP contribution in [0.25, 0.3) is 5.69 Å². The fraction of sp³-hybridized carbons (Fsp3) is 0.333. The fourth-order valence-corrected chi connectivity index (χ4v) is 2.65. The Balaban J connectivity index is 1.93. The molecule has 2 aromatic heterocycles. The van der Waals surface area contributed by atoms with Gasteiger partial charge in [-0.1, -0.05) is 37.6 Å². The van der Waals surface area contributed by atoms with E-state index in [4.69, 9.17) is 11.6 Å². The molecule has 1 aromatic carbocycles. The summed E-state index contributed by atoms with van der Waals surface area (Å²) in [5.41, 5.74) is 2.88. The lowest BCUT2D eigenvalue weighted by molar-refractivity contribution is 0.683. The molecule has 0 bridgehead atoms. The van der Waals surface area contributed by atoms with Crippen molar-refractivity contribution in [3.63, 3.8) is 0 Å². The second kappa shape index (κ2) is 6.37. The molecule has 8 heteroatoms. The number of tetrazole rings is 1. The van der Waals surface area contributed by atoms with Gasteiger partial charge in [0.15, 0.2) is 5.82 Å². The van der Waals surface area contributed by atoms with E-state index in [0.29, 0.717) is 11.6 Å². The van der Waals surface area contributed by atoms with Crippen LogP contribution in [-0.2, 0) is 13.6 Å². The minimum absolute atomic E-state index is 0.272. The molecule has 0 spiro atoms. The molecule has 0 radical (unpaired) electrons. The number of aryl methyl sites for hydroxylation is 1. The lowest BCUT2D eigenvalue weighted by Crippen LogP contribution is -2.10. The number of hydrogen-bond acceptors (Lipinski definition) is 5.